The number of hydrogen-bond acceptors (Lipinski definition) is 5. The lowest BCUT2D eigenvalue weighted by atomic mass is 9.89. The molecule has 0 aliphatic rings. The lowest BCUT2D eigenvalue weighted by Gasteiger charge is -2.18. The molecular weight excluding hydrogens is 300 g/mol. The van der Waals surface area contributed by atoms with E-state index in [1.165, 1.54) is 16.9 Å². The van der Waals surface area contributed by atoms with Crippen LogP contribution in [0.3, 0.4) is 0 Å². The number of aromatic nitrogens is 3. The normalized spacial score (nSPS) is 11.6. The molecule has 0 saturated carbocycles. The molecule has 23 heavy (non-hydrogen) atoms. The summed E-state index contributed by atoms with van der Waals surface area (Å²) in [4.78, 5) is 26.7. The summed E-state index contributed by atoms with van der Waals surface area (Å²) in [6.45, 7) is 5.79. The molecule has 0 aliphatic heterocycles. The average Bonchev–Trinajstić information content (AvgIpc) is 2.90. The number of pyridine rings is 1. The van der Waals surface area contributed by atoms with E-state index in [9.17, 15) is 14.7 Å². The van der Waals surface area contributed by atoms with Crippen molar-refractivity contribution >= 4 is 17.5 Å². The van der Waals surface area contributed by atoms with Gasteiger partial charge in [0.25, 0.3) is 5.91 Å². The van der Waals surface area contributed by atoms with Crippen molar-refractivity contribution in [3.05, 3.63) is 23.7 Å². The van der Waals surface area contributed by atoms with E-state index in [0.29, 0.717) is 6.42 Å². The fourth-order valence-corrected chi connectivity index (χ4v) is 2.17. The van der Waals surface area contributed by atoms with Gasteiger partial charge in [-0.2, -0.15) is 5.10 Å². The van der Waals surface area contributed by atoms with Gasteiger partial charge in [0.05, 0.1) is 0 Å². The van der Waals surface area contributed by atoms with E-state index in [1.54, 1.807) is 0 Å². The van der Waals surface area contributed by atoms with Crippen molar-refractivity contribution in [2.24, 2.45) is 5.41 Å². The highest BCUT2D eigenvalue weighted by Crippen LogP contribution is 2.26. The summed E-state index contributed by atoms with van der Waals surface area (Å²) in [5, 5.41) is 25.1. The SMILES string of the molecule is CC(C)(C)CCc1cc(O)c(C(=O)NCC(=O)O)c2ncnn12. The summed E-state index contributed by atoms with van der Waals surface area (Å²) in [7, 11) is 0. The number of nitrogens with zero attached hydrogens (tertiary/aromatic N) is 3. The van der Waals surface area contributed by atoms with Crippen molar-refractivity contribution in [1.29, 1.82) is 0 Å². The Morgan fingerprint density at radius 1 is 1.35 bits per heavy atom. The fraction of sp³-hybridized carbons (Fsp3) is 0.467. The Kier molecular flexibility index (Phi) is 4.53. The second kappa shape index (κ2) is 6.23. The van der Waals surface area contributed by atoms with E-state index in [-0.39, 0.29) is 22.4 Å². The van der Waals surface area contributed by atoms with Gasteiger partial charge in [-0.25, -0.2) is 9.50 Å². The van der Waals surface area contributed by atoms with Crippen molar-refractivity contribution in [2.75, 3.05) is 6.54 Å². The van der Waals surface area contributed by atoms with Gasteiger partial charge >= 0.3 is 5.97 Å². The molecule has 0 spiro atoms. The van der Waals surface area contributed by atoms with Gasteiger partial charge in [-0.1, -0.05) is 20.8 Å². The van der Waals surface area contributed by atoms with Crippen LogP contribution >= 0.6 is 0 Å². The highest BCUT2D eigenvalue weighted by atomic mass is 16.4. The van der Waals surface area contributed by atoms with Gasteiger partial charge < -0.3 is 15.5 Å². The van der Waals surface area contributed by atoms with Crippen LogP contribution in [0, 0.1) is 5.41 Å². The molecule has 124 valence electrons. The third-order valence-electron chi connectivity index (χ3n) is 3.36. The minimum atomic E-state index is -1.17. The van der Waals surface area contributed by atoms with Gasteiger partial charge in [0, 0.05) is 11.8 Å². The molecule has 0 fully saturated rings. The molecule has 2 heterocycles. The average molecular weight is 320 g/mol. The van der Waals surface area contributed by atoms with Crippen LogP contribution in [0.5, 0.6) is 5.75 Å². The molecule has 0 radical (unpaired) electrons. The number of rotatable bonds is 5. The van der Waals surface area contributed by atoms with Crippen LogP contribution in [-0.2, 0) is 11.2 Å². The minimum Gasteiger partial charge on any atom is -0.507 e. The predicted molar refractivity (Wildman–Crippen MR) is 82.4 cm³/mol. The number of nitrogens with one attached hydrogen (secondary N) is 1. The molecule has 0 saturated heterocycles. The Morgan fingerprint density at radius 2 is 2.04 bits per heavy atom. The highest BCUT2D eigenvalue weighted by molar-refractivity contribution is 6.03. The van der Waals surface area contributed by atoms with E-state index < -0.39 is 18.4 Å². The van der Waals surface area contributed by atoms with Crippen molar-refractivity contribution < 1.29 is 19.8 Å². The molecule has 2 rings (SSSR count). The van der Waals surface area contributed by atoms with Crippen LogP contribution in [0.15, 0.2) is 12.4 Å². The van der Waals surface area contributed by atoms with Crippen LogP contribution in [0.1, 0.15) is 43.2 Å². The monoisotopic (exact) mass is 320 g/mol. The Bertz CT molecular complexity index is 746. The number of aryl methyl sites for hydroxylation is 1. The smallest absolute Gasteiger partial charge is 0.322 e. The summed E-state index contributed by atoms with van der Waals surface area (Å²) in [5.41, 5.74) is 0.972. The number of carboxylic acids is 1. The largest absolute Gasteiger partial charge is 0.507 e. The first-order valence-electron chi connectivity index (χ1n) is 7.23. The minimum absolute atomic E-state index is 0.0803. The molecule has 0 aromatic carbocycles. The van der Waals surface area contributed by atoms with E-state index in [1.807, 2.05) is 0 Å². The third-order valence-corrected chi connectivity index (χ3v) is 3.36. The number of carboxylic acid groups (broad SMARTS) is 1. The van der Waals surface area contributed by atoms with Crippen LogP contribution in [0.2, 0.25) is 0 Å². The summed E-state index contributed by atoms with van der Waals surface area (Å²) >= 11 is 0. The number of fused-ring (bicyclic) bond motifs is 1. The molecule has 2 aromatic heterocycles. The maximum atomic E-state index is 12.1. The van der Waals surface area contributed by atoms with Crippen LogP contribution in [0.4, 0.5) is 0 Å². The van der Waals surface area contributed by atoms with Crippen molar-refractivity contribution in [3.8, 4) is 5.75 Å². The van der Waals surface area contributed by atoms with Gasteiger partial charge in [-0.15, -0.1) is 0 Å². The number of aliphatic carboxylic acids is 1. The van der Waals surface area contributed by atoms with Crippen LogP contribution < -0.4 is 5.32 Å². The zero-order chi connectivity index (χ0) is 17.2. The van der Waals surface area contributed by atoms with Gasteiger partial charge in [0.2, 0.25) is 0 Å². The Labute approximate surface area is 133 Å². The first kappa shape index (κ1) is 16.7. The summed E-state index contributed by atoms with van der Waals surface area (Å²) < 4.78 is 1.50. The maximum absolute atomic E-state index is 12.1. The van der Waals surface area contributed by atoms with Crippen molar-refractivity contribution in [3.63, 3.8) is 0 Å². The standard InChI is InChI=1S/C15H20N4O4/c1-15(2,3)5-4-9-6-10(20)12(13-17-8-18-19(9)13)14(23)16-7-11(21)22/h6,8,20H,4-5,7H2,1-3H3,(H,16,23)(H,21,22). The van der Waals surface area contributed by atoms with E-state index in [2.05, 4.69) is 36.2 Å². The molecule has 8 nitrogen and oxygen atoms in total. The number of carbonyl (C=O) groups is 2. The van der Waals surface area contributed by atoms with Gasteiger partial charge in [0.15, 0.2) is 5.65 Å². The number of amides is 1. The summed E-state index contributed by atoms with van der Waals surface area (Å²) in [6.07, 6.45) is 2.82. The van der Waals surface area contributed by atoms with E-state index in [4.69, 9.17) is 5.11 Å². The van der Waals surface area contributed by atoms with Crippen LogP contribution in [-0.4, -0.2) is 43.2 Å². The van der Waals surface area contributed by atoms with E-state index in [0.717, 1.165) is 12.1 Å². The lowest BCUT2D eigenvalue weighted by molar-refractivity contribution is -0.135. The van der Waals surface area contributed by atoms with Crippen molar-refractivity contribution in [1.82, 2.24) is 19.9 Å². The maximum Gasteiger partial charge on any atom is 0.322 e. The van der Waals surface area contributed by atoms with Gasteiger partial charge in [0.1, 0.15) is 24.2 Å². The second-order valence-electron chi connectivity index (χ2n) is 6.53. The molecular formula is C15H20N4O4. The number of carbonyl (C=O) groups excluding carboxylic acids is 1. The molecule has 0 atom stereocenters. The Morgan fingerprint density at radius 3 is 2.65 bits per heavy atom. The number of aromatic hydroxyl groups is 1. The Hall–Kier alpha value is -2.64. The second-order valence-corrected chi connectivity index (χ2v) is 6.53. The predicted octanol–water partition coefficient (Wildman–Crippen LogP) is 1.23. The first-order valence-corrected chi connectivity index (χ1v) is 7.23. The highest BCUT2D eigenvalue weighted by Gasteiger charge is 2.21. The molecule has 0 unspecified atom stereocenters. The molecule has 8 heteroatoms. The molecule has 0 aliphatic carbocycles. The lowest BCUT2D eigenvalue weighted by Crippen LogP contribution is -2.30. The zero-order valence-electron chi connectivity index (χ0n) is 13.3. The third kappa shape index (κ3) is 3.97. The van der Waals surface area contributed by atoms with Gasteiger partial charge in [-0.3, -0.25) is 9.59 Å². The molecule has 0 bridgehead atoms. The first-order chi connectivity index (χ1) is 10.7. The topological polar surface area (TPSA) is 117 Å². The summed E-state index contributed by atoms with van der Waals surface area (Å²) in [6, 6.07) is 1.48. The Balaban J connectivity index is 2.38. The van der Waals surface area contributed by atoms with Crippen LogP contribution in [0.25, 0.3) is 5.65 Å². The summed E-state index contributed by atoms with van der Waals surface area (Å²) in [5.74, 6) is -2.11. The van der Waals surface area contributed by atoms with Crippen molar-refractivity contribution in [2.45, 2.75) is 33.6 Å². The van der Waals surface area contributed by atoms with Gasteiger partial charge in [-0.05, 0) is 18.3 Å². The molecule has 2 aromatic rings. The quantitative estimate of drug-likeness (QED) is 0.763. The number of hydrogen-bond donors (Lipinski definition) is 3. The van der Waals surface area contributed by atoms with E-state index >= 15 is 0 Å². The zero-order valence-corrected chi connectivity index (χ0v) is 13.3. The molecule has 3 N–H and O–H groups in total. The fourth-order valence-electron chi connectivity index (χ4n) is 2.17. The molecule has 1 amide bonds.